The molecule has 2 rings (SSSR count). The van der Waals surface area contributed by atoms with Crippen LogP contribution in [0.2, 0.25) is 0 Å². The zero-order chi connectivity index (χ0) is 13.4. The molecule has 0 aliphatic carbocycles. The highest BCUT2D eigenvalue weighted by atomic mass is 16.2. The first-order chi connectivity index (χ1) is 8.47. The van der Waals surface area contributed by atoms with Crippen molar-refractivity contribution in [2.24, 2.45) is 5.92 Å². The van der Waals surface area contributed by atoms with E-state index in [2.05, 4.69) is 45.1 Å². The summed E-state index contributed by atoms with van der Waals surface area (Å²) in [5.41, 5.74) is 4.70. The minimum absolute atomic E-state index is 0.176. The standard InChI is InChI=1S/C15H22N2O/c1-9(2)8-17-14-11(4)10(3)6-7-12(14)13(16-5)15(17)18/h6-7,9,13,16H,8H2,1-5H3. The number of carbonyl (C=O) groups excluding carboxylic acids is 1. The van der Waals surface area contributed by atoms with Gasteiger partial charge in [-0.1, -0.05) is 26.0 Å². The topological polar surface area (TPSA) is 32.3 Å². The Morgan fingerprint density at radius 1 is 1.33 bits per heavy atom. The maximum Gasteiger partial charge on any atom is 0.248 e. The van der Waals surface area contributed by atoms with Crippen molar-refractivity contribution < 1.29 is 4.79 Å². The number of hydrogen-bond acceptors (Lipinski definition) is 2. The molecule has 1 aliphatic heterocycles. The van der Waals surface area contributed by atoms with Gasteiger partial charge in [0.05, 0.1) is 5.69 Å². The van der Waals surface area contributed by atoms with Gasteiger partial charge < -0.3 is 10.2 Å². The fourth-order valence-electron chi connectivity index (χ4n) is 2.64. The number of fused-ring (bicyclic) bond motifs is 1. The number of benzene rings is 1. The monoisotopic (exact) mass is 246 g/mol. The summed E-state index contributed by atoms with van der Waals surface area (Å²) in [6, 6.07) is 4.00. The van der Waals surface area contributed by atoms with Crippen molar-refractivity contribution in [1.82, 2.24) is 5.32 Å². The number of anilines is 1. The molecule has 0 aromatic heterocycles. The number of hydrogen-bond donors (Lipinski definition) is 1. The van der Waals surface area contributed by atoms with Gasteiger partial charge in [0.2, 0.25) is 5.91 Å². The fraction of sp³-hybridized carbons (Fsp3) is 0.533. The van der Waals surface area contributed by atoms with Crippen LogP contribution in [0.25, 0.3) is 0 Å². The number of rotatable bonds is 3. The molecule has 0 saturated heterocycles. The van der Waals surface area contributed by atoms with E-state index in [1.807, 2.05) is 11.9 Å². The third kappa shape index (κ3) is 1.93. The van der Waals surface area contributed by atoms with Crippen LogP contribution >= 0.6 is 0 Å². The molecule has 1 unspecified atom stereocenters. The first-order valence-corrected chi connectivity index (χ1v) is 6.56. The van der Waals surface area contributed by atoms with E-state index in [9.17, 15) is 4.79 Å². The molecule has 1 aliphatic rings. The molecule has 1 atom stereocenters. The molecule has 98 valence electrons. The van der Waals surface area contributed by atoms with Crippen LogP contribution < -0.4 is 10.2 Å². The third-order valence-electron chi connectivity index (χ3n) is 3.66. The molecule has 1 amide bonds. The molecule has 1 aromatic rings. The maximum absolute atomic E-state index is 12.5. The van der Waals surface area contributed by atoms with Gasteiger partial charge in [-0.05, 0) is 37.9 Å². The Morgan fingerprint density at radius 3 is 2.56 bits per heavy atom. The van der Waals surface area contributed by atoms with Gasteiger partial charge >= 0.3 is 0 Å². The molecule has 0 saturated carbocycles. The number of aryl methyl sites for hydroxylation is 1. The number of nitrogens with zero attached hydrogens (tertiary/aromatic N) is 1. The molecule has 1 N–H and O–H groups in total. The fourth-order valence-corrected chi connectivity index (χ4v) is 2.64. The van der Waals surface area contributed by atoms with Gasteiger partial charge in [-0.25, -0.2) is 0 Å². The Hall–Kier alpha value is -1.35. The van der Waals surface area contributed by atoms with Crippen LogP contribution in [0.5, 0.6) is 0 Å². The molecule has 0 bridgehead atoms. The molecular formula is C15H22N2O. The lowest BCUT2D eigenvalue weighted by atomic mass is 10.0. The molecule has 1 aromatic carbocycles. The third-order valence-corrected chi connectivity index (χ3v) is 3.66. The summed E-state index contributed by atoms with van der Waals surface area (Å²) in [5, 5.41) is 3.13. The first-order valence-electron chi connectivity index (χ1n) is 6.56. The summed E-state index contributed by atoms with van der Waals surface area (Å²) in [6.45, 7) is 9.27. The predicted octanol–water partition coefficient (Wildman–Crippen LogP) is 2.57. The van der Waals surface area contributed by atoms with Crippen LogP contribution in [-0.2, 0) is 4.79 Å². The second-order valence-electron chi connectivity index (χ2n) is 5.51. The van der Waals surface area contributed by atoms with E-state index in [0.717, 1.165) is 17.8 Å². The van der Waals surface area contributed by atoms with Gasteiger partial charge in [-0.15, -0.1) is 0 Å². The molecule has 1 heterocycles. The molecular weight excluding hydrogens is 224 g/mol. The van der Waals surface area contributed by atoms with Gasteiger partial charge in [0.15, 0.2) is 0 Å². The average Bonchev–Trinajstić information content (AvgIpc) is 2.57. The number of nitrogens with one attached hydrogen (secondary N) is 1. The van der Waals surface area contributed by atoms with Crippen LogP contribution in [0.3, 0.4) is 0 Å². The van der Waals surface area contributed by atoms with Crippen molar-refractivity contribution in [3.8, 4) is 0 Å². The van der Waals surface area contributed by atoms with E-state index >= 15 is 0 Å². The zero-order valence-corrected chi connectivity index (χ0v) is 11.9. The molecule has 3 nitrogen and oxygen atoms in total. The summed E-state index contributed by atoms with van der Waals surface area (Å²) in [6.07, 6.45) is 0. The summed E-state index contributed by atoms with van der Waals surface area (Å²) >= 11 is 0. The lowest BCUT2D eigenvalue weighted by molar-refractivity contribution is -0.120. The number of carbonyl (C=O) groups is 1. The van der Waals surface area contributed by atoms with Crippen LogP contribution in [0.4, 0.5) is 5.69 Å². The van der Waals surface area contributed by atoms with Crippen LogP contribution in [0.1, 0.15) is 36.6 Å². The molecule has 3 heteroatoms. The summed E-state index contributed by atoms with van der Waals surface area (Å²) in [5.74, 6) is 0.646. The molecule has 18 heavy (non-hydrogen) atoms. The lowest BCUT2D eigenvalue weighted by Gasteiger charge is -2.22. The van der Waals surface area contributed by atoms with Crippen LogP contribution in [-0.4, -0.2) is 19.5 Å². The Labute approximate surface area is 109 Å². The lowest BCUT2D eigenvalue weighted by Crippen LogP contribution is -2.35. The SMILES string of the molecule is CNC1C(=O)N(CC(C)C)c2c1ccc(C)c2C. The van der Waals surface area contributed by atoms with Crippen molar-refractivity contribution in [3.05, 3.63) is 28.8 Å². The van der Waals surface area contributed by atoms with Crippen molar-refractivity contribution in [2.75, 3.05) is 18.5 Å². The molecule has 0 radical (unpaired) electrons. The number of likely N-dealkylation sites (N-methyl/N-ethyl adjacent to an activating group) is 1. The van der Waals surface area contributed by atoms with Gasteiger partial charge in [0.1, 0.15) is 6.04 Å². The van der Waals surface area contributed by atoms with Gasteiger partial charge in [-0.2, -0.15) is 0 Å². The van der Waals surface area contributed by atoms with Crippen molar-refractivity contribution in [3.63, 3.8) is 0 Å². The van der Waals surface area contributed by atoms with Crippen molar-refractivity contribution in [1.29, 1.82) is 0 Å². The second kappa shape index (κ2) is 4.73. The van der Waals surface area contributed by atoms with Crippen LogP contribution in [0, 0.1) is 19.8 Å². The normalized spacial score (nSPS) is 18.7. The highest BCUT2D eigenvalue weighted by molar-refractivity contribution is 6.05. The first kappa shape index (κ1) is 13.1. The minimum Gasteiger partial charge on any atom is -0.310 e. The average molecular weight is 246 g/mol. The quantitative estimate of drug-likeness (QED) is 0.889. The van der Waals surface area contributed by atoms with E-state index < -0.39 is 0 Å². The smallest absolute Gasteiger partial charge is 0.248 e. The summed E-state index contributed by atoms with van der Waals surface area (Å²) in [4.78, 5) is 14.4. The Balaban J connectivity index is 2.54. The molecule has 0 spiro atoms. The Morgan fingerprint density at radius 2 is 2.00 bits per heavy atom. The second-order valence-corrected chi connectivity index (χ2v) is 5.51. The van der Waals surface area contributed by atoms with Crippen molar-refractivity contribution in [2.45, 2.75) is 33.7 Å². The van der Waals surface area contributed by atoms with E-state index in [1.165, 1.54) is 11.1 Å². The van der Waals surface area contributed by atoms with Gasteiger partial charge in [-0.3, -0.25) is 4.79 Å². The molecule has 0 fully saturated rings. The summed E-state index contributed by atoms with van der Waals surface area (Å²) < 4.78 is 0. The Kier molecular flexibility index (Phi) is 3.44. The Bertz CT molecular complexity index is 480. The van der Waals surface area contributed by atoms with E-state index in [1.54, 1.807) is 0 Å². The number of amides is 1. The largest absolute Gasteiger partial charge is 0.310 e. The van der Waals surface area contributed by atoms with E-state index in [0.29, 0.717) is 5.92 Å². The van der Waals surface area contributed by atoms with Gasteiger partial charge in [0.25, 0.3) is 0 Å². The van der Waals surface area contributed by atoms with Crippen LogP contribution in [0.15, 0.2) is 12.1 Å². The van der Waals surface area contributed by atoms with E-state index in [-0.39, 0.29) is 11.9 Å². The van der Waals surface area contributed by atoms with E-state index in [4.69, 9.17) is 0 Å². The highest BCUT2D eigenvalue weighted by Gasteiger charge is 2.37. The highest BCUT2D eigenvalue weighted by Crippen LogP contribution is 2.39. The summed E-state index contributed by atoms with van der Waals surface area (Å²) in [7, 11) is 1.85. The minimum atomic E-state index is -0.182. The van der Waals surface area contributed by atoms with Crippen molar-refractivity contribution >= 4 is 11.6 Å². The maximum atomic E-state index is 12.5. The zero-order valence-electron chi connectivity index (χ0n) is 11.9. The predicted molar refractivity (Wildman–Crippen MR) is 74.9 cm³/mol. The van der Waals surface area contributed by atoms with Gasteiger partial charge in [0, 0.05) is 12.1 Å².